The van der Waals surface area contributed by atoms with E-state index in [1.54, 1.807) is 7.11 Å². The van der Waals surface area contributed by atoms with Gasteiger partial charge in [0.15, 0.2) is 0 Å². The minimum atomic E-state index is -0.840. The second-order valence-electron chi connectivity index (χ2n) is 4.04. The summed E-state index contributed by atoms with van der Waals surface area (Å²) >= 11 is 2.96. The molecule has 0 bridgehead atoms. The first-order valence-electron chi connectivity index (χ1n) is 6.08. The number of benzene rings is 1. The molecule has 0 fully saturated rings. The second kappa shape index (κ2) is 10.4. The monoisotopic (exact) mass is 399 g/mol. The Morgan fingerprint density at radius 2 is 2.09 bits per heavy atom. The molecule has 7 nitrogen and oxygen atoms in total. The van der Waals surface area contributed by atoms with E-state index in [2.05, 4.69) is 26.6 Å². The molecule has 0 aromatic heterocycles. The third kappa shape index (κ3) is 6.22. The molecule has 22 heavy (non-hydrogen) atoms. The predicted molar refractivity (Wildman–Crippen MR) is 85.1 cm³/mol. The largest absolute Gasteiger partial charge is 0.383 e. The van der Waals surface area contributed by atoms with E-state index in [0.717, 1.165) is 12.1 Å². The molecule has 10 heteroatoms. The molecule has 0 aliphatic heterocycles. The minimum absolute atomic E-state index is 0. The summed E-state index contributed by atoms with van der Waals surface area (Å²) in [5.74, 6) is -1.42. The van der Waals surface area contributed by atoms with Crippen molar-refractivity contribution < 1.29 is 18.8 Å². The number of carbonyl (C=O) groups excluding carboxylic acids is 1. The molecule has 0 heterocycles. The maximum absolute atomic E-state index is 13.3. The van der Waals surface area contributed by atoms with Gasteiger partial charge in [0.25, 0.3) is 11.6 Å². The molecule has 0 aliphatic carbocycles. The highest BCUT2D eigenvalue weighted by molar-refractivity contribution is 9.10. The Morgan fingerprint density at radius 1 is 1.41 bits per heavy atom. The Labute approximate surface area is 141 Å². The fraction of sp³-hybridized carbons (Fsp3) is 0.417. The number of hydrogen-bond acceptors (Lipinski definition) is 5. The van der Waals surface area contributed by atoms with Crippen molar-refractivity contribution in [1.82, 2.24) is 10.6 Å². The van der Waals surface area contributed by atoms with Crippen LogP contribution in [0, 0.1) is 15.9 Å². The molecule has 1 aromatic carbocycles. The van der Waals surface area contributed by atoms with Gasteiger partial charge in [0.1, 0.15) is 10.3 Å². The summed E-state index contributed by atoms with van der Waals surface area (Å²) in [7, 11) is 1.58. The van der Waals surface area contributed by atoms with Gasteiger partial charge in [-0.15, -0.1) is 12.4 Å². The quantitative estimate of drug-likeness (QED) is 0.395. The lowest BCUT2D eigenvalue weighted by Gasteiger charge is -2.08. The zero-order chi connectivity index (χ0) is 15.8. The summed E-state index contributed by atoms with van der Waals surface area (Å²) in [4.78, 5) is 21.9. The van der Waals surface area contributed by atoms with Gasteiger partial charge in [0, 0.05) is 26.7 Å². The Balaban J connectivity index is 0.00000441. The van der Waals surface area contributed by atoms with Gasteiger partial charge >= 0.3 is 0 Å². The Kier molecular flexibility index (Phi) is 9.83. The summed E-state index contributed by atoms with van der Waals surface area (Å²) in [6.07, 6.45) is 0. The van der Waals surface area contributed by atoms with E-state index in [1.807, 2.05) is 0 Å². The fourth-order valence-corrected chi connectivity index (χ4v) is 2.09. The van der Waals surface area contributed by atoms with Crippen molar-refractivity contribution in [3.8, 4) is 0 Å². The molecule has 124 valence electrons. The minimum Gasteiger partial charge on any atom is -0.383 e. The van der Waals surface area contributed by atoms with Crippen LogP contribution in [-0.2, 0) is 4.74 Å². The number of carbonyl (C=O) groups is 1. The second-order valence-corrected chi connectivity index (χ2v) is 4.84. The highest BCUT2D eigenvalue weighted by atomic mass is 79.9. The third-order valence-corrected chi connectivity index (χ3v) is 3.36. The molecule has 0 atom stereocenters. The van der Waals surface area contributed by atoms with E-state index in [4.69, 9.17) is 4.74 Å². The average molecular weight is 401 g/mol. The first-order valence-corrected chi connectivity index (χ1v) is 6.88. The number of nitrogens with one attached hydrogen (secondary N) is 2. The van der Waals surface area contributed by atoms with Gasteiger partial charge in [-0.25, -0.2) is 4.39 Å². The summed E-state index contributed by atoms with van der Waals surface area (Å²) in [5, 5.41) is 16.3. The number of methoxy groups -OCH3 is 1. The third-order valence-electron chi connectivity index (χ3n) is 2.53. The number of ether oxygens (including phenoxy) is 1. The molecule has 2 N–H and O–H groups in total. The predicted octanol–water partition coefficient (Wildman–Crippen LogP) is 1.88. The van der Waals surface area contributed by atoms with Crippen molar-refractivity contribution in [1.29, 1.82) is 0 Å². The zero-order valence-corrected chi connectivity index (χ0v) is 14.1. The number of hydrogen-bond donors (Lipinski definition) is 2. The van der Waals surface area contributed by atoms with E-state index in [9.17, 15) is 19.3 Å². The molecular formula is C12H16BrClFN3O4. The molecule has 0 unspecified atom stereocenters. The van der Waals surface area contributed by atoms with Crippen molar-refractivity contribution in [3.05, 3.63) is 38.1 Å². The van der Waals surface area contributed by atoms with Crippen molar-refractivity contribution in [3.63, 3.8) is 0 Å². The first-order chi connectivity index (χ1) is 9.97. The van der Waals surface area contributed by atoms with E-state index >= 15 is 0 Å². The van der Waals surface area contributed by atoms with Crippen LogP contribution in [-0.4, -0.2) is 44.2 Å². The Hall–Kier alpha value is -1.29. The van der Waals surface area contributed by atoms with Crippen LogP contribution in [0.25, 0.3) is 0 Å². The number of nitro benzene ring substituents is 1. The molecule has 0 aliphatic rings. The number of nitro groups is 1. The Morgan fingerprint density at radius 3 is 2.68 bits per heavy atom. The van der Waals surface area contributed by atoms with Gasteiger partial charge in [-0.05, 0) is 22.0 Å². The van der Waals surface area contributed by atoms with Gasteiger partial charge < -0.3 is 15.4 Å². The van der Waals surface area contributed by atoms with E-state index in [0.29, 0.717) is 26.2 Å². The molecule has 0 spiro atoms. The fourth-order valence-electron chi connectivity index (χ4n) is 1.53. The maximum atomic E-state index is 13.3. The van der Waals surface area contributed by atoms with Crippen molar-refractivity contribution in [2.75, 3.05) is 33.4 Å². The molecule has 1 amide bonds. The highest BCUT2D eigenvalue weighted by Crippen LogP contribution is 2.29. The van der Waals surface area contributed by atoms with E-state index in [1.165, 1.54) is 0 Å². The number of rotatable bonds is 8. The van der Waals surface area contributed by atoms with Crippen LogP contribution >= 0.6 is 28.3 Å². The van der Waals surface area contributed by atoms with Gasteiger partial charge in [-0.2, -0.15) is 0 Å². The van der Waals surface area contributed by atoms with E-state index in [-0.39, 0.29) is 22.4 Å². The molecule has 1 rings (SSSR count). The van der Waals surface area contributed by atoms with E-state index < -0.39 is 22.3 Å². The van der Waals surface area contributed by atoms with Crippen molar-refractivity contribution in [2.45, 2.75) is 0 Å². The topological polar surface area (TPSA) is 93.5 Å². The SMILES string of the molecule is COCCNCCNC(=O)c1cc(F)cc([N+](=O)[O-])c1Br.Cl. The molecule has 1 aromatic rings. The van der Waals surface area contributed by atoms with Crippen molar-refractivity contribution >= 4 is 39.9 Å². The van der Waals surface area contributed by atoms with Crippen LogP contribution in [0.3, 0.4) is 0 Å². The van der Waals surface area contributed by atoms with Gasteiger partial charge in [-0.1, -0.05) is 0 Å². The van der Waals surface area contributed by atoms with Crippen LogP contribution < -0.4 is 10.6 Å². The number of halogens is 3. The zero-order valence-electron chi connectivity index (χ0n) is 11.7. The first kappa shape index (κ1) is 20.7. The van der Waals surface area contributed by atoms with Crippen LogP contribution in [0.15, 0.2) is 16.6 Å². The number of amides is 1. The van der Waals surface area contributed by atoms with Gasteiger partial charge in [0.05, 0.1) is 23.2 Å². The summed E-state index contributed by atoms with van der Waals surface area (Å²) < 4.78 is 18.1. The molecule has 0 radical (unpaired) electrons. The average Bonchev–Trinajstić information content (AvgIpc) is 2.44. The summed E-state index contributed by atoms with van der Waals surface area (Å²) in [6.45, 7) is 2.00. The lowest BCUT2D eigenvalue weighted by atomic mass is 10.2. The lowest BCUT2D eigenvalue weighted by molar-refractivity contribution is -0.385. The highest BCUT2D eigenvalue weighted by Gasteiger charge is 2.21. The molecule has 0 saturated heterocycles. The lowest BCUT2D eigenvalue weighted by Crippen LogP contribution is -2.33. The van der Waals surface area contributed by atoms with Crippen LogP contribution in [0.4, 0.5) is 10.1 Å². The van der Waals surface area contributed by atoms with Crippen LogP contribution in [0.2, 0.25) is 0 Å². The standard InChI is InChI=1S/C12H15BrFN3O4.ClH/c1-21-5-4-15-2-3-16-12(18)9-6-8(14)7-10(11(9)13)17(19)20;/h6-7,15H,2-5H2,1H3,(H,16,18);1H. The molecule has 0 saturated carbocycles. The van der Waals surface area contributed by atoms with Crippen molar-refractivity contribution in [2.24, 2.45) is 0 Å². The molecular weight excluding hydrogens is 385 g/mol. The van der Waals surface area contributed by atoms with Crippen LogP contribution in [0.5, 0.6) is 0 Å². The summed E-state index contributed by atoms with van der Waals surface area (Å²) in [5.41, 5.74) is -0.600. The summed E-state index contributed by atoms with van der Waals surface area (Å²) in [6, 6.07) is 1.71. The maximum Gasteiger partial charge on any atom is 0.287 e. The number of nitrogens with zero attached hydrogens (tertiary/aromatic N) is 1. The smallest absolute Gasteiger partial charge is 0.287 e. The normalized spacial score (nSPS) is 9.95. The van der Waals surface area contributed by atoms with Gasteiger partial charge in [0.2, 0.25) is 0 Å². The van der Waals surface area contributed by atoms with Gasteiger partial charge in [-0.3, -0.25) is 14.9 Å². The Bertz CT molecular complexity index is 533. The van der Waals surface area contributed by atoms with Crippen LogP contribution in [0.1, 0.15) is 10.4 Å².